The number of nitrogens with two attached hydrogens (primary N) is 1. The lowest BCUT2D eigenvalue weighted by molar-refractivity contribution is 0.0976. The molecule has 1 unspecified atom stereocenters. The predicted octanol–water partition coefficient (Wildman–Crippen LogP) is 2.84. The van der Waals surface area contributed by atoms with Crippen molar-refractivity contribution in [2.45, 2.75) is 31.6 Å². The molecule has 2 amide bonds. The standard InChI is InChI=1S/C20H17N5O3S/c21-9-13(16(26)10-5-7-11(8-6-10)23-20(22)28)17-24-18(27)15-12-3-1-2-4-14(12)29-19(15)25-17/h5-8,13H,1-4H2,(H3,22,23,28)(H,24,25,27). The number of primary amides is 1. The van der Waals surface area contributed by atoms with Gasteiger partial charge in [0.1, 0.15) is 10.7 Å². The zero-order chi connectivity index (χ0) is 20.5. The third-order valence-electron chi connectivity index (χ3n) is 4.95. The Labute approximate surface area is 169 Å². The van der Waals surface area contributed by atoms with Crippen molar-refractivity contribution in [3.05, 3.63) is 56.4 Å². The molecule has 1 aromatic carbocycles. The van der Waals surface area contributed by atoms with E-state index in [1.54, 1.807) is 0 Å². The summed E-state index contributed by atoms with van der Waals surface area (Å²) >= 11 is 1.47. The second-order valence-corrected chi connectivity index (χ2v) is 7.92. The summed E-state index contributed by atoms with van der Waals surface area (Å²) in [4.78, 5) is 45.3. The lowest BCUT2D eigenvalue weighted by atomic mass is 9.96. The third kappa shape index (κ3) is 3.50. The summed E-state index contributed by atoms with van der Waals surface area (Å²) in [5.41, 5.74) is 6.50. The third-order valence-corrected chi connectivity index (χ3v) is 6.13. The smallest absolute Gasteiger partial charge is 0.316 e. The van der Waals surface area contributed by atoms with Crippen LogP contribution in [0.5, 0.6) is 0 Å². The molecule has 0 aliphatic heterocycles. The molecule has 1 aliphatic carbocycles. The molecule has 0 saturated heterocycles. The number of urea groups is 1. The molecule has 2 heterocycles. The molecule has 0 spiro atoms. The van der Waals surface area contributed by atoms with E-state index in [-0.39, 0.29) is 16.9 Å². The van der Waals surface area contributed by atoms with E-state index in [0.29, 0.717) is 15.9 Å². The van der Waals surface area contributed by atoms with E-state index in [4.69, 9.17) is 5.73 Å². The molecule has 1 atom stereocenters. The van der Waals surface area contributed by atoms with E-state index < -0.39 is 17.7 Å². The molecule has 146 valence electrons. The van der Waals surface area contributed by atoms with Gasteiger partial charge in [-0.3, -0.25) is 9.59 Å². The molecule has 1 aliphatic rings. The van der Waals surface area contributed by atoms with Crippen LogP contribution in [-0.2, 0) is 12.8 Å². The zero-order valence-electron chi connectivity index (χ0n) is 15.3. The number of H-pyrrole nitrogens is 1. The highest BCUT2D eigenvalue weighted by atomic mass is 32.1. The van der Waals surface area contributed by atoms with E-state index in [1.807, 2.05) is 6.07 Å². The van der Waals surface area contributed by atoms with Gasteiger partial charge in [-0.25, -0.2) is 9.78 Å². The topological polar surface area (TPSA) is 142 Å². The van der Waals surface area contributed by atoms with Crippen molar-refractivity contribution in [1.29, 1.82) is 5.26 Å². The van der Waals surface area contributed by atoms with Gasteiger partial charge in [-0.2, -0.15) is 5.26 Å². The molecule has 9 heteroatoms. The summed E-state index contributed by atoms with van der Waals surface area (Å²) in [6, 6.07) is 7.23. The Morgan fingerprint density at radius 3 is 2.66 bits per heavy atom. The number of nitriles is 1. The number of nitrogens with one attached hydrogen (secondary N) is 2. The first-order valence-corrected chi connectivity index (χ1v) is 9.94. The van der Waals surface area contributed by atoms with Crippen molar-refractivity contribution in [2.75, 3.05) is 5.32 Å². The minimum absolute atomic E-state index is 0.0490. The molecule has 8 nitrogen and oxygen atoms in total. The zero-order valence-corrected chi connectivity index (χ0v) is 16.1. The lowest BCUT2D eigenvalue weighted by Gasteiger charge is -2.10. The Morgan fingerprint density at radius 2 is 1.97 bits per heavy atom. The van der Waals surface area contributed by atoms with Gasteiger partial charge < -0.3 is 16.0 Å². The summed E-state index contributed by atoms with van der Waals surface area (Å²) in [6.45, 7) is 0. The van der Waals surface area contributed by atoms with Crippen molar-refractivity contribution in [3.63, 3.8) is 0 Å². The molecule has 0 saturated carbocycles. The van der Waals surface area contributed by atoms with Crippen LogP contribution in [0.4, 0.5) is 10.5 Å². The van der Waals surface area contributed by atoms with Crippen LogP contribution < -0.4 is 16.6 Å². The van der Waals surface area contributed by atoms with Crippen LogP contribution in [0.25, 0.3) is 10.2 Å². The van der Waals surface area contributed by atoms with Crippen molar-refractivity contribution >= 4 is 39.1 Å². The summed E-state index contributed by atoms with van der Waals surface area (Å²) in [5.74, 6) is -1.67. The number of benzene rings is 1. The average molecular weight is 407 g/mol. The monoisotopic (exact) mass is 407 g/mol. The number of carbonyl (C=O) groups excluding carboxylic acids is 2. The molecule has 0 fully saturated rings. The van der Waals surface area contributed by atoms with Gasteiger partial charge in [-0.15, -0.1) is 11.3 Å². The van der Waals surface area contributed by atoms with Gasteiger partial charge in [0.05, 0.1) is 11.5 Å². The van der Waals surface area contributed by atoms with Crippen molar-refractivity contribution < 1.29 is 9.59 Å². The number of ketones is 1. The van der Waals surface area contributed by atoms with Crippen LogP contribution in [0, 0.1) is 11.3 Å². The first-order chi connectivity index (χ1) is 14.0. The number of Topliss-reactive ketones (excluding diaryl/α,β-unsaturated/α-hetero) is 1. The van der Waals surface area contributed by atoms with Crippen LogP contribution in [0.2, 0.25) is 0 Å². The highest BCUT2D eigenvalue weighted by Crippen LogP contribution is 2.34. The average Bonchev–Trinajstić information content (AvgIpc) is 3.07. The van der Waals surface area contributed by atoms with Gasteiger partial charge in [-0.1, -0.05) is 0 Å². The lowest BCUT2D eigenvalue weighted by Crippen LogP contribution is -2.20. The number of carbonyl (C=O) groups is 2. The Kier molecular flexibility index (Phi) is 4.86. The van der Waals surface area contributed by atoms with E-state index in [9.17, 15) is 19.6 Å². The molecular formula is C20H17N5O3S. The number of amides is 2. The van der Waals surface area contributed by atoms with Crippen molar-refractivity contribution in [2.24, 2.45) is 5.73 Å². The maximum Gasteiger partial charge on any atom is 0.316 e. The van der Waals surface area contributed by atoms with Gasteiger partial charge in [-0.05, 0) is 55.5 Å². The molecule has 2 aromatic heterocycles. The van der Waals surface area contributed by atoms with Crippen LogP contribution >= 0.6 is 11.3 Å². The SMILES string of the molecule is N#CC(C(=O)c1ccc(NC(N)=O)cc1)c1nc2sc3c(c2c(=O)[nH]1)CCCC3. The van der Waals surface area contributed by atoms with Gasteiger partial charge >= 0.3 is 6.03 Å². The number of hydrogen-bond donors (Lipinski definition) is 3. The molecular weight excluding hydrogens is 390 g/mol. The van der Waals surface area contributed by atoms with Crippen LogP contribution in [-0.4, -0.2) is 21.8 Å². The van der Waals surface area contributed by atoms with Crippen LogP contribution in [0.1, 0.15) is 45.4 Å². The minimum Gasteiger partial charge on any atom is -0.351 e. The minimum atomic E-state index is -1.24. The van der Waals surface area contributed by atoms with Gasteiger partial charge in [0, 0.05) is 16.1 Å². The second-order valence-electron chi connectivity index (χ2n) is 6.84. The quantitative estimate of drug-likeness (QED) is 0.570. The summed E-state index contributed by atoms with van der Waals surface area (Å²) in [5, 5.41) is 12.6. The van der Waals surface area contributed by atoms with Crippen molar-refractivity contribution in [3.8, 4) is 6.07 Å². The Morgan fingerprint density at radius 1 is 1.24 bits per heavy atom. The predicted molar refractivity (Wildman–Crippen MR) is 109 cm³/mol. The van der Waals surface area contributed by atoms with Gasteiger partial charge in [0.25, 0.3) is 5.56 Å². The Balaban J connectivity index is 1.69. The summed E-state index contributed by atoms with van der Waals surface area (Å²) in [6.07, 6.45) is 3.91. The number of hydrogen-bond acceptors (Lipinski definition) is 6. The number of thiophene rings is 1. The van der Waals surface area contributed by atoms with Crippen LogP contribution in [0.3, 0.4) is 0 Å². The first-order valence-electron chi connectivity index (χ1n) is 9.12. The summed E-state index contributed by atoms with van der Waals surface area (Å²) in [7, 11) is 0. The molecule has 0 bridgehead atoms. The van der Waals surface area contributed by atoms with Gasteiger partial charge in [0.2, 0.25) is 0 Å². The van der Waals surface area contributed by atoms with E-state index in [1.165, 1.54) is 40.5 Å². The molecule has 4 rings (SSSR count). The Hall–Kier alpha value is -3.51. The second kappa shape index (κ2) is 7.48. The summed E-state index contributed by atoms with van der Waals surface area (Å²) < 4.78 is 0. The number of fused-ring (bicyclic) bond motifs is 3. The molecule has 3 aromatic rings. The largest absolute Gasteiger partial charge is 0.351 e. The molecule has 29 heavy (non-hydrogen) atoms. The first kappa shape index (κ1) is 18.8. The maximum atomic E-state index is 12.9. The Bertz CT molecular complexity index is 1220. The highest BCUT2D eigenvalue weighted by molar-refractivity contribution is 7.18. The number of anilines is 1. The fraction of sp³-hybridized carbons (Fsp3) is 0.250. The molecule has 4 N–H and O–H groups in total. The number of rotatable bonds is 4. The number of aromatic nitrogens is 2. The number of aromatic amines is 1. The maximum absolute atomic E-state index is 12.9. The van der Waals surface area contributed by atoms with Crippen molar-refractivity contribution in [1.82, 2.24) is 9.97 Å². The number of nitrogens with zero attached hydrogens (tertiary/aromatic N) is 2. The molecule has 0 radical (unpaired) electrons. The van der Waals surface area contributed by atoms with Crippen LogP contribution in [0.15, 0.2) is 29.1 Å². The highest BCUT2D eigenvalue weighted by Gasteiger charge is 2.27. The fourth-order valence-electron chi connectivity index (χ4n) is 3.59. The number of aryl methyl sites for hydroxylation is 2. The normalized spacial score (nSPS) is 14.0. The fourth-order valence-corrected chi connectivity index (χ4v) is 4.86. The van der Waals surface area contributed by atoms with E-state index in [0.717, 1.165) is 31.2 Å². The van der Waals surface area contributed by atoms with E-state index >= 15 is 0 Å². The van der Waals surface area contributed by atoms with E-state index in [2.05, 4.69) is 15.3 Å². The van der Waals surface area contributed by atoms with Gasteiger partial charge in [0.15, 0.2) is 11.7 Å².